The molecule has 0 aliphatic carbocycles. The molecular weight excluding hydrogens is 428 g/mol. The number of methoxy groups -OCH3 is 2. The van der Waals surface area contributed by atoms with Crippen LogP contribution >= 0.6 is 0 Å². The summed E-state index contributed by atoms with van der Waals surface area (Å²) in [4.78, 5) is 4.50. The summed E-state index contributed by atoms with van der Waals surface area (Å²) in [6.45, 7) is 2.08. The maximum atomic E-state index is 6.70. The van der Waals surface area contributed by atoms with Crippen LogP contribution in [0.3, 0.4) is 0 Å². The molecule has 0 saturated heterocycles. The van der Waals surface area contributed by atoms with Gasteiger partial charge in [0.2, 0.25) is 5.95 Å². The fourth-order valence-corrected chi connectivity index (χ4v) is 4.83. The Bertz CT molecular complexity index is 1410. The molecule has 2 atom stereocenters. The minimum Gasteiger partial charge on any atom is -0.493 e. The topological polar surface area (TPSA) is 70.4 Å². The summed E-state index contributed by atoms with van der Waals surface area (Å²) in [7, 11) is 3.28. The summed E-state index contributed by atoms with van der Waals surface area (Å²) in [6, 6.07) is 22.3. The molecule has 0 spiro atoms. The molecule has 0 amide bonds. The highest BCUT2D eigenvalue weighted by Crippen LogP contribution is 2.51. The summed E-state index contributed by atoms with van der Waals surface area (Å²) < 4.78 is 19.7. The van der Waals surface area contributed by atoms with Crippen LogP contribution in [0.2, 0.25) is 0 Å². The summed E-state index contributed by atoms with van der Waals surface area (Å²) in [5, 5.41) is 8.12. The zero-order chi connectivity index (χ0) is 23.2. The molecule has 0 fully saturated rings. The van der Waals surface area contributed by atoms with Gasteiger partial charge in [0.15, 0.2) is 11.5 Å². The Morgan fingerprint density at radius 2 is 1.74 bits per heavy atom. The second kappa shape index (κ2) is 7.95. The van der Waals surface area contributed by atoms with Crippen molar-refractivity contribution in [3.63, 3.8) is 0 Å². The van der Waals surface area contributed by atoms with E-state index in [1.807, 2.05) is 47.1 Å². The molecule has 0 unspecified atom stereocenters. The van der Waals surface area contributed by atoms with Crippen molar-refractivity contribution in [2.24, 2.45) is 0 Å². The molecule has 1 aromatic heterocycles. The lowest BCUT2D eigenvalue weighted by molar-refractivity contribution is 0.222. The SMILES string of the molecule is COc1ccc([C@H]2Oc3ccc(C)cc3C3=C2[C@@H](c2ccccc2)n2ncnc2N3)cc1OC. The molecule has 170 valence electrons. The first-order valence-corrected chi connectivity index (χ1v) is 11.1. The molecule has 4 aromatic rings. The number of aromatic nitrogens is 3. The quantitative estimate of drug-likeness (QED) is 0.461. The monoisotopic (exact) mass is 452 g/mol. The van der Waals surface area contributed by atoms with E-state index in [-0.39, 0.29) is 12.1 Å². The van der Waals surface area contributed by atoms with E-state index in [9.17, 15) is 0 Å². The Morgan fingerprint density at radius 1 is 0.912 bits per heavy atom. The van der Waals surface area contributed by atoms with Crippen molar-refractivity contribution in [2.45, 2.75) is 19.1 Å². The number of hydrogen-bond acceptors (Lipinski definition) is 6. The molecule has 34 heavy (non-hydrogen) atoms. The number of nitrogens with one attached hydrogen (secondary N) is 1. The smallest absolute Gasteiger partial charge is 0.226 e. The number of aryl methyl sites for hydroxylation is 1. The van der Waals surface area contributed by atoms with Gasteiger partial charge in [0, 0.05) is 16.7 Å². The number of benzene rings is 3. The fourth-order valence-electron chi connectivity index (χ4n) is 4.83. The van der Waals surface area contributed by atoms with Crippen molar-refractivity contribution in [3.8, 4) is 17.2 Å². The number of rotatable bonds is 4. The van der Waals surface area contributed by atoms with Crippen LogP contribution < -0.4 is 19.5 Å². The molecule has 2 aliphatic heterocycles. The van der Waals surface area contributed by atoms with Crippen LogP contribution in [-0.4, -0.2) is 29.0 Å². The van der Waals surface area contributed by atoms with Crippen LogP contribution in [-0.2, 0) is 0 Å². The fraction of sp³-hybridized carbons (Fsp3) is 0.185. The van der Waals surface area contributed by atoms with Gasteiger partial charge in [0.25, 0.3) is 0 Å². The minimum atomic E-state index is -0.375. The normalized spacial score (nSPS) is 18.2. The van der Waals surface area contributed by atoms with Gasteiger partial charge in [0.1, 0.15) is 24.2 Å². The van der Waals surface area contributed by atoms with Crippen molar-refractivity contribution in [1.29, 1.82) is 0 Å². The van der Waals surface area contributed by atoms with Crippen molar-refractivity contribution in [3.05, 3.63) is 101 Å². The summed E-state index contributed by atoms with van der Waals surface area (Å²) in [6.07, 6.45) is 1.21. The number of nitrogens with zero attached hydrogens (tertiary/aromatic N) is 3. The van der Waals surface area contributed by atoms with Crippen molar-refractivity contribution in [1.82, 2.24) is 14.8 Å². The summed E-state index contributed by atoms with van der Waals surface area (Å²) in [5.41, 5.74) is 6.30. The Balaban J connectivity index is 1.62. The van der Waals surface area contributed by atoms with E-state index in [4.69, 9.17) is 14.2 Å². The molecular formula is C27H24N4O3. The average Bonchev–Trinajstić information content (AvgIpc) is 3.35. The first-order valence-electron chi connectivity index (χ1n) is 11.1. The highest BCUT2D eigenvalue weighted by Gasteiger charge is 2.41. The van der Waals surface area contributed by atoms with Gasteiger partial charge >= 0.3 is 0 Å². The predicted octanol–water partition coefficient (Wildman–Crippen LogP) is 5.16. The number of ether oxygens (including phenoxy) is 3. The van der Waals surface area contributed by atoms with Crippen LogP contribution in [0.1, 0.15) is 34.4 Å². The Morgan fingerprint density at radius 3 is 2.53 bits per heavy atom. The standard InChI is InChI=1S/C27H24N4O3/c1-16-9-11-20-19(13-16)24-23(26(34-20)18-10-12-21(32-2)22(14-18)33-3)25(17-7-5-4-6-8-17)31-27(30-24)28-15-29-31/h4-15,25-26H,1-3H3,(H,28,29,30)/t25-,26-/m1/s1. The molecule has 7 nitrogen and oxygen atoms in total. The van der Waals surface area contributed by atoms with Gasteiger partial charge < -0.3 is 19.5 Å². The van der Waals surface area contributed by atoms with Gasteiger partial charge in [-0.15, -0.1) is 0 Å². The molecule has 3 aromatic carbocycles. The van der Waals surface area contributed by atoms with E-state index in [0.717, 1.165) is 39.3 Å². The summed E-state index contributed by atoms with van der Waals surface area (Å²) in [5.74, 6) is 2.85. The van der Waals surface area contributed by atoms with Gasteiger partial charge in [-0.25, -0.2) is 4.68 Å². The van der Waals surface area contributed by atoms with E-state index in [2.05, 4.69) is 46.6 Å². The second-order valence-corrected chi connectivity index (χ2v) is 8.41. The molecule has 2 aliphatic rings. The molecule has 6 rings (SSSR count). The molecule has 0 radical (unpaired) electrons. The van der Waals surface area contributed by atoms with Crippen molar-refractivity contribution >= 4 is 11.6 Å². The largest absolute Gasteiger partial charge is 0.493 e. The lowest BCUT2D eigenvalue weighted by atomic mass is 9.84. The van der Waals surface area contributed by atoms with E-state index < -0.39 is 0 Å². The minimum absolute atomic E-state index is 0.193. The molecule has 0 saturated carbocycles. The first-order chi connectivity index (χ1) is 16.7. The third-order valence-corrected chi connectivity index (χ3v) is 6.40. The van der Waals surface area contributed by atoms with Crippen LogP contribution in [0.15, 0.2) is 78.6 Å². The maximum Gasteiger partial charge on any atom is 0.226 e. The van der Waals surface area contributed by atoms with E-state index in [0.29, 0.717) is 17.4 Å². The van der Waals surface area contributed by atoms with Gasteiger partial charge in [-0.05, 0) is 36.8 Å². The van der Waals surface area contributed by atoms with Gasteiger partial charge in [-0.2, -0.15) is 10.1 Å². The Kier molecular flexibility index (Phi) is 4.76. The first kappa shape index (κ1) is 20.4. The maximum absolute atomic E-state index is 6.70. The van der Waals surface area contributed by atoms with Crippen LogP contribution in [0.4, 0.5) is 5.95 Å². The highest BCUT2D eigenvalue weighted by atomic mass is 16.5. The Hall–Kier alpha value is -4.26. The van der Waals surface area contributed by atoms with Crippen LogP contribution in [0.25, 0.3) is 5.70 Å². The summed E-state index contributed by atoms with van der Waals surface area (Å²) >= 11 is 0. The third kappa shape index (κ3) is 3.12. The molecule has 0 bridgehead atoms. The second-order valence-electron chi connectivity index (χ2n) is 8.41. The lowest BCUT2D eigenvalue weighted by Gasteiger charge is -2.39. The number of fused-ring (bicyclic) bond motifs is 3. The molecule has 1 N–H and O–H groups in total. The third-order valence-electron chi connectivity index (χ3n) is 6.40. The van der Waals surface area contributed by atoms with Crippen LogP contribution in [0, 0.1) is 6.92 Å². The highest BCUT2D eigenvalue weighted by molar-refractivity contribution is 5.85. The van der Waals surface area contributed by atoms with E-state index >= 15 is 0 Å². The van der Waals surface area contributed by atoms with Gasteiger partial charge in [-0.1, -0.05) is 48.0 Å². The predicted molar refractivity (Wildman–Crippen MR) is 129 cm³/mol. The average molecular weight is 453 g/mol. The number of hydrogen-bond donors (Lipinski definition) is 1. The molecule has 3 heterocycles. The van der Waals surface area contributed by atoms with Gasteiger partial charge in [-0.3, -0.25) is 0 Å². The Labute approximate surface area is 197 Å². The number of anilines is 1. The zero-order valence-corrected chi connectivity index (χ0v) is 19.1. The van der Waals surface area contributed by atoms with Gasteiger partial charge in [0.05, 0.1) is 19.9 Å². The van der Waals surface area contributed by atoms with Crippen molar-refractivity contribution < 1.29 is 14.2 Å². The lowest BCUT2D eigenvalue weighted by Crippen LogP contribution is -2.32. The van der Waals surface area contributed by atoms with E-state index in [1.165, 1.54) is 0 Å². The zero-order valence-electron chi connectivity index (χ0n) is 19.1. The van der Waals surface area contributed by atoms with Crippen LogP contribution in [0.5, 0.6) is 17.2 Å². The van der Waals surface area contributed by atoms with E-state index in [1.54, 1.807) is 20.5 Å². The van der Waals surface area contributed by atoms with Crippen molar-refractivity contribution in [2.75, 3.05) is 19.5 Å². The molecule has 7 heteroatoms.